The second-order valence-electron chi connectivity index (χ2n) is 7.92. The van der Waals surface area contributed by atoms with Gasteiger partial charge >= 0.3 is 0 Å². The molecule has 0 spiro atoms. The van der Waals surface area contributed by atoms with E-state index in [1.54, 1.807) is 0 Å². The Labute approximate surface area is 146 Å². The molecule has 0 atom stereocenters. The molecule has 0 saturated carbocycles. The van der Waals surface area contributed by atoms with E-state index in [1.165, 1.54) is 21.9 Å². The minimum absolute atomic E-state index is 0.177. The highest BCUT2D eigenvalue weighted by molar-refractivity contribution is 6.74. The van der Waals surface area contributed by atoms with Crippen LogP contribution in [-0.2, 0) is 0 Å². The predicted octanol–water partition coefficient (Wildman–Crippen LogP) is 6.89. The van der Waals surface area contributed by atoms with Crippen LogP contribution < -0.4 is 4.43 Å². The van der Waals surface area contributed by atoms with Crippen molar-refractivity contribution in [2.24, 2.45) is 0 Å². The number of hydrogen-bond donors (Lipinski definition) is 0. The maximum Gasteiger partial charge on any atom is 0.250 e. The third-order valence-electron chi connectivity index (χ3n) is 5.10. The molecule has 0 aromatic heterocycles. The van der Waals surface area contributed by atoms with Gasteiger partial charge in [-0.05, 0) is 46.8 Å². The summed E-state index contributed by atoms with van der Waals surface area (Å²) >= 11 is 0. The topological polar surface area (TPSA) is 9.23 Å². The normalized spacial score (nSPS) is 12.4. The molecule has 0 aliphatic carbocycles. The van der Waals surface area contributed by atoms with E-state index in [0.717, 1.165) is 5.75 Å². The molecule has 0 aliphatic rings. The zero-order valence-electron chi connectivity index (χ0n) is 15.3. The van der Waals surface area contributed by atoms with E-state index in [9.17, 15) is 0 Å². The molecule has 3 aromatic rings. The summed E-state index contributed by atoms with van der Waals surface area (Å²) in [5.74, 6) is 1.01. The largest absolute Gasteiger partial charge is 0.543 e. The second kappa shape index (κ2) is 6.10. The summed E-state index contributed by atoms with van der Waals surface area (Å²) in [4.78, 5) is 0. The van der Waals surface area contributed by atoms with Crippen LogP contribution in [0.1, 0.15) is 20.8 Å². The van der Waals surface area contributed by atoms with Gasteiger partial charge in [0.2, 0.25) is 0 Å². The highest BCUT2D eigenvalue weighted by Gasteiger charge is 2.39. The maximum atomic E-state index is 6.68. The molecule has 0 radical (unpaired) electrons. The molecule has 24 heavy (non-hydrogen) atoms. The molecular weight excluding hydrogens is 308 g/mol. The van der Waals surface area contributed by atoms with E-state index >= 15 is 0 Å². The molecule has 124 valence electrons. The summed E-state index contributed by atoms with van der Waals surface area (Å²) in [5.41, 5.74) is 2.44. The van der Waals surface area contributed by atoms with Gasteiger partial charge in [0.15, 0.2) is 0 Å². The minimum atomic E-state index is -1.89. The van der Waals surface area contributed by atoms with Crippen LogP contribution in [0, 0.1) is 0 Å². The fourth-order valence-corrected chi connectivity index (χ4v) is 3.61. The summed E-state index contributed by atoms with van der Waals surface area (Å²) in [7, 11) is -1.89. The van der Waals surface area contributed by atoms with Crippen LogP contribution in [0.5, 0.6) is 5.75 Å². The lowest BCUT2D eigenvalue weighted by molar-refractivity contribution is 0.496. The molecule has 3 aromatic carbocycles. The lowest BCUT2D eigenvalue weighted by atomic mass is 10.0. The molecule has 2 heteroatoms. The fraction of sp³-hybridized carbons (Fsp3) is 0.273. The SMILES string of the molecule is CC(C)(C)[Si](C)(C)Oc1cc(-c2ccccc2)cc2ccccc12. The first-order valence-electron chi connectivity index (χ1n) is 8.55. The summed E-state index contributed by atoms with van der Waals surface area (Å²) in [6.45, 7) is 11.4. The van der Waals surface area contributed by atoms with Gasteiger partial charge in [0.25, 0.3) is 8.32 Å². The average Bonchev–Trinajstić information content (AvgIpc) is 2.54. The molecule has 3 rings (SSSR count). The molecule has 0 bridgehead atoms. The Morgan fingerprint density at radius 3 is 2.04 bits per heavy atom. The van der Waals surface area contributed by atoms with Crippen molar-refractivity contribution in [3.05, 3.63) is 66.7 Å². The van der Waals surface area contributed by atoms with Crippen molar-refractivity contribution in [2.75, 3.05) is 0 Å². The Hall–Kier alpha value is -2.06. The zero-order valence-corrected chi connectivity index (χ0v) is 16.3. The maximum absolute atomic E-state index is 6.68. The molecule has 0 amide bonds. The Kier molecular flexibility index (Phi) is 4.27. The van der Waals surface area contributed by atoms with Gasteiger partial charge in [0, 0.05) is 5.39 Å². The smallest absolute Gasteiger partial charge is 0.250 e. The van der Waals surface area contributed by atoms with Gasteiger partial charge in [0.05, 0.1) is 0 Å². The molecule has 0 saturated heterocycles. The van der Waals surface area contributed by atoms with Crippen molar-refractivity contribution in [3.8, 4) is 16.9 Å². The molecule has 0 aliphatic heterocycles. The number of fused-ring (bicyclic) bond motifs is 1. The van der Waals surface area contributed by atoms with Gasteiger partial charge in [-0.2, -0.15) is 0 Å². The molecule has 1 nitrogen and oxygen atoms in total. The molecule has 0 unspecified atom stereocenters. The third-order valence-corrected chi connectivity index (χ3v) is 9.44. The van der Waals surface area contributed by atoms with E-state index in [1.807, 2.05) is 0 Å². The Bertz CT molecular complexity index is 845. The van der Waals surface area contributed by atoms with E-state index < -0.39 is 8.32 Å². The lowest BCUT2D eigenvalue weighted by Gasteiger charge is -2.37. The second-order valence-corrected chi connectivity index (χ2v) is 12.6. The summed E-state index contributed by atoms with van der Waals surface area (Å²) in [6.07, 6.45) is 0. The molecule has 0 heterocycles. The van der Waals surface area contributed by atoms with E-state index in [2.05, 4.69) is 101 Å². The van der Waals surface area contributed by atoms with Crippen molar-refractivity contribution < 1.29 is 4.43 Å². The van der Waals surface area contributed by atoms with Crippen molar-refractivity contribution in [1.82, 2.24) is 0 Å². The van der Waals surface area contributed by atoms with Crippen molar-refractivity contribution in [3.63, 3.8) is 0 Å². The van der Waals surface area contributed by atoms with Crippen molar-refractivity contribution in [2.45, 2.75) is 38.9 Å². The van der Waals surface area contributed by atoms with E-state index in [0.29, 0.717) is 0 Å². The van der Waals surface area contributed by atoms with Gasteiger partial charge in [-0.3, -0.25) is 0 Å². The molecule has 0 N–H and O–H groups in total. The van der Waals surface area contributed by atoms with E-state index in [4.69, 9.17) is 4.43 Å². The van der Waals surface area contributed by atoms with E-state index in [-0.39, 0.29) is 5.04 Å². The number of hydrogen-bond acceptors (Lipinski definition) is 1. The van der Waals surface area contributed by atoms with Crippen molar-refractivity contribution >= 4 is 19.1 Å². The first kappa shape index (κ1) is 16.8. The van der Waals surface area contributed by atoms with Crippen LogP contribution in [0.2, 0.25) is 18.1 Å². The molecule has 0 fully saturated rings. The predicted molar refractivity (Wildman–Crippen MR) is 107 cm³/mol. The first-order valence-corrected chi connectivity index (χ1v) is 11.5. The standard InChI is InChI=1S/C22H26OSi/c1-22(2,3)24(4,5)23-21-16-19(17-11-7-6-8-12-17)15-18-13-9-10-14-20(18)21/h6-16H,1-5H3. The van der Waals surface area contributed by atoms with Crippen molar-refractivity contribution in [1.29, 1.82) is 0 Å². The van der Waals surface area contributed by atoms with Gasteiger partial charge < -0.3 is 4.43 Å². The average molecular weight is 335 g/mol. The van der Waals surface area contributed by atoms with Gasteiger partial charge in [-0.1, -0.05) is 75.4 Å². The minimum Gasteiger partial charge on any atom is -0.543 e. The lowest BCUT2D eigenvalue weighted by Crippen LogP contribution is -2.43. The Morgan fingerprint density at radius 2 is 1.38 bits per heavy atom. The van der Waals surface area contributed by atoms with Gasteiger partial charge in [-0.25, -0.2) is 0 Å². The fourth-order valence-electron chi connectivity index (χ4n) is 2.59. The van der Waals surface area contributed by atoms with Crippen LogP contribution in [-0.4, -0.2) is 8.32 Å². The third kappa shape index (κ3) is 3.25. The Balaban J connectivity index is 2.16. The van der Waals surface area contributed by atoms with Crippen LogP contribution in [0.15, 0.2) is 66.7 Å². The van der Waals surface area contributed by atoms with Gasteiger partial charge in [0.1, 0.15) is 5.75 Å². The quantitative estimate of drug-likeness (QED) is 0.474. The van der Waals surface area contributed by atoms with Crippen LogP contribution >= 0.6 is 0 Å². The van der Waals surface area contributed by atoms with Crippen LogP contribution in [0.25, 0.3) is 21.9 Å². The Morgan fingerprint density at radius 1 is 0.750 bits per heavy atom. The summed E-state index contributed by atoms with van der Waals surface area (Å²) < 4.78 is 6.68. The monoisotopic (exact) mass is 334 g/mol. The van der Waals surface area contributed by atoms with Crippen LogP contribution in [0.3, 0.4) is 0 Å². The zero-order chi connectivity index (χ0) is 17.4. The molecular formula is C22H26OSi. The summed E-state index contributed by atoms with van der Waals surface area (Å²) in [6, 6.07) is 23.5. The summed E-state index contributed by atoms with van der Waals surface area (Å²) in [5, 5.41) is 2.60. The number of rotatable bonds is 3. The number of benzene rings is 3. The first-order chi connectivity index (χ1) is 11.3. The van der Waals surface area contributed by atoms with Gasteiger partial charge in [-0.15, -0.1) is 0 Å². The van der Waals surface area contributed by atoms with Crippen LogP contribution in [0.4, 0.5) is 0 Å². The highest BCUT2D eigenvalue weighted by atomic mass is 28.4. The highest BCUT2D eigenvalue weighted by Crippen LogP contribution is 2.40.